The van der Waals surface area contributed by atoms with E-state index in [4.69, 9.17) is 11.6 Å². The minimum atomic E-state index is -0.830. The molecule has 2 aromatic carbocycles. The summed E-state index contributed by atoms with van der Waals surface area (Å²) in [6.07, 6.45) is 0.900. The van der Waals surface area contributed by atoms with Crippen LogP contribution in [0.1, 0.15) is 45.3 Å². The van der Waals surface area contributed by atoms with E-state index < -0.39 is 6.04 Å². The van der Waals surface area contributed by atoms with Crippen LogP contribution in [-0.2, 0) is 9.59 Å². The smallest absolute Gasteiger partial charge is 0.224 e. The van der Waals surface area contributed by atoms with E-state index in [1.54, 1.807) is 18.2 Å². The molecule has 8 heteroatoms. The number of ketones is 1. The highest BCUT2D eigenvalue weighted by Gasteiger charge is 2.44. The predicted molar refractivity (Wildman–Crippen MR) is 132 cm³/mol. The van der Waals surface area contributed by atoms with Crippen LogP contribution in [0.15, 0.2) is 59.8 Å². The molecule has 1 aromatic heterocycles. The number of phenols is 1. The first-order chi connectivity index (χ1) is 16.2. The molecular weight excluding hydrogens is 452 g/mol. The van der Waals surface area contributed by atoms with Crippen LogP contribution in [0.4, 0.5) is 11.4 Å². The fourth-order valence-corrected chi connectivity index (χ4v) is 5.18. The lowest BCUT2D eigenvalue weighted by atomic mass is 9.74. The highest BCUT2D eigenvalue weighted by atomic mass is 35.5. The number of aromatic amines is 1. The number of aromatic hydroxyl groups is 1. The van der Waals surface area contributed by atoms with Crippen molar-refractivity contribution in [3.8, 4) is 17.1 Å². The summed E-state index contributed by atoms with van der Waals surface area (Å²) >= 11 is 6.66. The van der Waals surface area contributed by atoms with Crippen LogP contribution in [0, 0.1) is 5.41 Å². The van der Waals surface area contributed by atoms with E-state index in [-0.39, 0.29) is 28.0 Å². The summed E-state index contributed by atoms with van der Waals surface area (Å²) in [5.74, 6) is 0.169. The second kappa shape index (κ2) is 8.02. The third kappa shape index (κ3) is 3.66. The van der Waals surface area contributed by atoms with Crippen LogP contribution in [-0.4, -0.2) is 26.8 Å². The summed E-state index contributed by atoms with van der Waals surface area (Å²) in [6.45, 7) is 5.49. The fraction of sp³-hybridized carbons (Fsp3) is 0.269. The van der Waals surface area contributed by atoms with Crippen molar-refractivity contribution in [2.45, 2.75) is 39.7 Å². The molecule has 1 unspecified atom stereocenters. The number of nitrogens with zero attached hydrogens (tertiary/aromatic N) is 2. The van der Waals surface area contributed by atoms with E-state index in [0.717, 1.165) is 5.56 Å². The van der Waals surface area contributed by atoms with E-state index in [9.17, 15) is 14.7 Å². The molecule has 3 N–H and O–H groups in total. The van der Waals surface area contributed by atoms with Crippen molar-refractivity contribution in [2.75, 3.05) is 10.2 Å². The van der Waals surface area contributed by atoms with E-state index >= 15 is 0 Å². The Morgan fingerprint density at radius 2 is 1.88 bits per heavy atom. The Labute approximate surface area is 202 Å². The number of imidazole rings is 1. The highest BCUT2D eigenvalue weighted by molar-refractivity contribution is 6.30. The van der Waals surface area contributed by atoms with Crippen LogP contribution in [0.5, 0.6) is 5.75 Å². The minimum absolute atomic E-state index is 0.00670. The highest BCUT2D eigenvalue weighted by Crippen LogP contribution is 2.50. The molecule has 0 radical (unpaired) electrons. The number of fused-ring (bicyclic) bond motifs is 1. The Morgan fingerprint density at radius 3 is 2.59 bits per heavy atom. The molecule has 0 spiro atoms. The lowest BCUT2D eigenvalue weighted by molar-refractivity contribution is -0.118. The zero-order valence-electron chi connectivity index (χ0n) is 19.1. The van der Waals surface area contributed by atoms with Crippen LogP contribution >= 0.6 is 11.6 Å². The molecule has 2 heterocycles. The number of halogens is 1. The minimum Gasteiger partial charge on any atom is -0.506 e. The van der Waals surface area contributed by atoms with Gasteiger partial charge in [0.15, 0.2) is 10.9 Å². The van der Waals surface area contributed by atoms with Crippen molar-refractivity contribution in [1.29, 1.82) is 0 Å². The number of benzene rings is 2. The van der Waals surface area contributed by atoms with Gasteiger partial charge in [0, 0.05) is 30.2 Å². The molecule has 2 aliphatic rings. The Hall–Kier alpha value is -3.58. The lowest BCUT2D eigenvalue weighted by Crippen LogP contribution is -2.38. The molecule has 174 valence electrons. The summed E-state index contributed by atoms with van der Waals surface area (Å²) in [7, 11) is 0. The van der Waals surface area contributed by atoms with Crippen molar-refractivity contribution in [3.05, 3.63) is 70.6 Å². The Morgan fingerprint density at radius 1 is 1.15 bits per heavy atom. The van der Waals surface area contributed by atoms with Crippen LogP contribution < -0.4 is 10.2 Å². The van der Waals surface area contributed by atoms with Crippen molar-refractivity contribution in [1.82, 2.24) is 9.97 Å². The number of phenolic OH excluding ortho intramolecular Hbond substituents is 1. The number of Topliss-reactive ketones (excluding diaryl/α,β-unsaturated/α-hetero) is 1. The first-order valence-corrected chi connectivity index (χ1v) is 11.5. The molecule has 7 nitrogen and oxygen atoms in total. The number of rotatable bonds is 2. The number of hydrogen-bond acceptors (Lipinski definition) is 5. The predicted octanol–water partition coefficient (Wildman–Crippen LogP) is 5.60. The fourth-order valence-electron chi connectivity index (χ4n) is 4.94. The van der Waals surface area contributed by atoms with Crippen LogP contribution in [0.3, 0.4) is 0 Å². The van der Waals surface area contributed by atoms with E-state index in [1.807, 2.05) is 44.2 Å². The van der Waals surface area contributed by atoms with Crippen LogP contribution in [0.25, 0.3) is 11.4 Å². The summed E-state index contributed by atoms with van der Waals surface area (Å²) in [5.41, 5.74) is 2.98. The van der Waals surface area contributed by atoms with Crippen molar-refractivity contribution >= 4 is 34.7 Å². The molecule has 1 aliphatic heterocycles. The average molecular weight is 477 g/mol. The summed E-state index contributed by atoms with van der Waals surface area (Å²) in [5, 5.41) is 14.2. The third-order valence-electron chi connectivity index (χ3n) is 6.35. The number of H-pyrrole nitrogens is 1. The number of carbonyl (C=O) groups excluding carboxylic acids is 2. The first kappa shape index (κ1) is 22.2. The van der Waals surface area contributed by atoms with Crippen molar-refractivity contribution in [3.63, 3.8) is 0 Å². The summed E-state index contributed by atoms with van der Waals surface area (Å²) < 4.78 is 0. The van der Waals surface area contributed by atoms with Gasteiger partial charge in [-0.1, -0.05) is 61.8 Å². The number of anilines is 2. The number of hydrogen-bond donors (Lipinski definition) is 3. The topological polar surface area (TPSA) is 98.3 Å². The molecule has 0 saturated carbocycles. The lowest BCUT2D eigenvalue weighted by Gasteiger charge is -2.36. The molecule has 5 rings (SSSR count). The van der Waals surface area contributed by atoms with Gasteiger partial charge in [-0.3, -0.25) is 14.5 Å². The largest absolute Gasteiger partial charge is 0.506 e. The van der Waals surface area contributed by atoms with E-state index in [0.29, 0.717) is 47.0 Å². The molecule has 3 aromatic rings. The number of para-hydroxylation sites is 1. The average Bonchev–Trinajstić information content (AvgIpc) is 3.08. The number of nitrogens with one attached hydrogen (secondary N) is 2. The summed E-state index contributed by atoms with van der Waals surface area (Å²) in [4.78, 5) is 36.0. The molecular formula is C26H25ClN4O3. The monoisotopic (exact) mass is 476 g/mol. The van der Waals surface area contributed by atoms with Gasteiger partial charge in [-0.2, -0.15) is 0 Å². The SMILES string of the molecule is CC(=O)N1c2cccc(O)c2NC2=C(C(=O)CC(C)(C)C2)C1c1[nH]c(-c2ccccc2)nc1Cl. The summed E-state index contributed by atoms with van der Waals surface area (Å²) in [6, 6.07) is 13.7. The molecule has 0 fully saturated rings. The van der Waals surface area contributed by atoms with Gasteiger partial charge in [0.05, 0.1) is 11.4 Å². The van der Waals surface area contributed by atoms with Crippen LogP contribution in [0.2, 0.25) is 5.15 Å². The molecule has 0 bridgehead atoms. The van der Waals surface area contributed by atoms with Gasteiger partial charge < -0.3 is 15.4 Å². The number of aromatic nitrogens is 2. The molecule has 1 amide bonds. The third-order valence-corrected chi connectivity index (χ3v) is 6.64. The molecule has 1 atom stereocenters. The molecule has 1 aliphatic carbocycles. The number of amides is 1. The maximum atomic E-state index is 13.6. The molecule has 0 saturated heterocycles. The normalized spacial score (nSPS) is 19.2. The van der Waals surface area contributed by atoms with E-state index in [2.05, 4.69) is 15.3 Å². The molecule has 34 heavy (non-hydrogen) atoms. The van der Waals surface area contributed by atoms with Gasteiger partial charge in [-0.15, -0.1) is 0 Å². The maximum absolute atomic E-state index is 13.6. The van der Waals surface area contributed by atoms with Gasteiger partial charge in [0.1, 0.15) is 23.3 Å². The second-order valence-electron chi connectivity index (χ2n) is 9.58. The van der Waals surface area contributed by atoms with Gasteiger partial charge in [-0.05, 0) is 24.0 Å². The second-order valence-corrected chi connectivity index (χ2v) is 9.93. The maximum Gasteiger partial charge on any atom is 0.224 e. The zero-order valence-corrected chi connectivity index (χ0v) is 19.9. The standard InChI is InChI=1S/C26H25ClN4O3/c1-14(32)31-17-10-7-11-18(33)21(17)28-16-12-26(2,3)13-19(34)20(16)23(31)22-24(27)30-25(29-22)15-8-5-4-6-9-15/h4-11,23,28,33H,12-13H2,1-3H3,(H,29,30). The number of carbonyl (C=O) groups is 2. The van der Waals surface area contributed by atoms with Crippen molar-refractivity contribution < 1.29 is 14.7 Å². The number of allylic oxidation sites excluding steroid dienone is 1. The Kier molecular flexibility index (Phi) is 5.24. The van der Waals surface area contributed by atoms with Gasteiger partial charge >= 0.3 is 0 Å². The first-order valence-electron chi connectivity index (χ1n) is 11.1. The van der Waals surface area contributed by atoms with Crippen molar-refractivity contribution in [2.24, 2.45) is 5.41 Å². The van der Waals surface area contributed by atoms with Gasteiger partial charge in [-0.25, -0.2) is 4.98 Å². The Bertz CT molecular complexity index is 1340. The quantitative estimate of drug-likeness (QED) is 0.418. The van der Waals surface area contributed by atoms with Gasteiger partial charge in [0.25, 0.3) is 0 Å². The van der Waals surface area contributed by atoms with E-state index in [1.165, 1.54) is 11.8 Å². The Balaban J connectivity index is 1.79. The van der Waals surface area contributed by atoms with Gasteiger partial charge in [0.2, 0.25) is 5.91 Å². The zero-order chi connectivity index (χ0) is 24.2.